The van der Waals surface area contributed by atoms with E-state index >= 15 is 0 Å². The molecule has 1 aromatic heterocycles. The molecule has 1 N–H and O–H groups in total. The summed E-state index contributed by atoms with van der Waals surface area (Å²) >= 11 is 0. The van der Waals surface area contributed by atoms with E-state index in [9.17, 15) is 13.2 Å². The first-order valence-electron chi connectivity index (χ1n) is 7.92. The number of amides is 1. The van der Waals surface area contributed by atoms with E-state index < -0.39 is 9.84 Å². The maximum Gasteiger partial charge on any atom is 0.224 e. The van der Waals surface area contributed by atoms with Gasteiger partial charge in [-0.3, -0.25) is 4.79 Å². The van der Waals surface area contributed by atoms with Crippen LogP contribution in [-0.4, -0.2) is 25.8 Å². The zero-order valence-electron chi connectivity index (χ0n) is 13.0. The fraction of sp³-hybridized carbons (Fsp3) is 0.278. The van der Waals surface area contributed by atoms with Crippen molar-refractivity contribution in [2.45, 2.75) is 12.8 Å². The molecule has 4 rings (SSSR count). The summed E-state index contributed by atoms with van der Waals surface area (Å²) in [6.45, 7) is 0. The summed E-state index contributed by atoms with van der Waals surface area (Å²) in [5, 5.41) is 4.82. The van der Waals surface area contributed by atoms with Gasteiger partial charge in [0.15, 0.2) is 9.84 Å². The van der Waals surface area contributed by atoms with Crippen molar-refractivity contribution in [3.63, 3.8) is 0 Å². The first-order chi connectivity index (χ1) is 11.5. The van der Waals surface area contributed by atoms with E-state index in [1.165, 1.54) is 0 Å². The highest BCUT2D eigenvalue weighted by Gasteiger charge is 2.29. The highest BCUT2D eigenvalue weighted by molar-refractivity contribution is 7.91. The van der Waals surface area contributed by atoms with Gasteiger partial charge in [-0.05, 0) is 36.6 Å². The Balaban J connectivity index is 1.54. The molecule has 6 heteroatoms. The van der Waals surface area contributed by atoms with Crippen molar-refractivity contribution in [3.8, 4) is 0 Å². The van der Waals surface area contributed by atoms with Gasteiger partial charge in [-0.15, -0.1) is 0 Å². The molecule has 5 nitrogen and oxygen atoms in total. The van der Waals surface area contributed by atoms with Gasteiger partial charge in [0.25, 0.3) is 0 Å². The van der Waals surface area contributed by atoms with E-state index in [0.717, 1.165) is 21.9 Å². The van der Waals surface area contributed by atoms with Crippen LogP contribution in [0.2, 0.25) is 0 Å². The lowest BCUT2D eigenvalue weighted by atomic mass is 10.0. The maximum absolute atomic E-state index is 12.2. The number of carbonyl (C=O) groups excluding carboxylic acids is 1. The lowest BCUT2D eigenvalue weighted by Gasteiger charge is -2.08. The second-order valence-corrected chi connectivity index (χ2v) is 8.56. The number of nitrogens with one attached hydrogen (secondary N) is 1. The number of fused-ring (bicyclic) bond motifs is 3. The summed E-state index contributed by atoms with van der Waals surface area (Å²) in [5.41, 5.74) is 2.28. The van der Waals surface area contributed by atoms with Crippen molar-refractivity contribution < 1.29 is 17.6 Å². The fourth-order valence-electron chi connectivity index (χ4n) is 3.31. The van der Waals surface area contributed by atoms with E-state index in [1.807, 2.05) is 36.4 Å². The van der Waals surface area contributed by atoms with Crippen LogP contribution in [-0.2, 0) is 14.6 Å². The Morgan fingerprint density at radius 3 is 2.71 bits per heavy atom. The first kappa shape index (κ1) is 15.2. The SMILES string of the molecule is O=C(C[C@@H]1CCS(=O)(=O)C1)Nc1ccc2oc3ccccc3c2c1. The summed E-state index contributed by atoms with van der Waals surface area (Å²) in [6.07, 6.45) is 0.810. The second-order valence-electron chi connectivity index (χ2n) is 6.33. The van der Waals surface area contributed by atoms with Gasteiger partial charge in [-0.1, -0.05) is 18.2 Å². The summed E-state index contributed by atoms with van der Waals surface area (Å²) in [5.74, 6) is 0.0849. The summed E-state index contributed by atoms with van der Waals surface area (Å²) in [7, 11) is -2.95. The summed E-state index contributed by atoms with van der Waals surface area (Å²) < 4.78 is 28.7. The van der Waals surface area contributed by atoms with Crippen molar-refractivity contribution in [3.05, 3.63) is 42.5 Å². The average molecular weight is 343 g/mol. The molecule has 1 saturated heterocycles. The Kier molecular flexibility index (Phi) is 3.57. The fourth-order valence-corrected chi connectivity index (χ4v) is 5.17. The molecule has 1 aliphatic rings. The van der Waals surface area contributed by atoms with Gasteiger partial charge in [0.05, 0.1) is 11.5 Å². The number of para-hydroxylation sites is 1. The number of sulfone groups is 1. The number of benzene rings is 2. The molecule has 1 aliphatic heterocycles. The van der Waals surface area contributed by atoms with E-state index in [-0.39, 0.29) is 29.8 Å². The smallest absolute Gasteiger partial charge is 0.224 e. The number of hydrogen-bond donors (Lipinski definition) is 1. The van der Waals surface area contributed by atoms with Crippen LogP contribution >= 0.6 is 0 Å². The van der Waals surface area contributed by atoms with Gasteiger partial charge in [-0.25, -0.2) is 8.42 Å². The molecular formula is C18H17NO4S. The van der Waals surface area contributed by atoms with Gasteiger partial charge in [0, 0.05) is 22.9 Å². The molecule has 0 saturated carbocycles. The molecule has 0 spiro atoms. The highest BCUT2D eigenvalue weighted by atomic mass is 32.2. The van der Waals surface area contributed by atoms with E-state index in [1.54, 1.807) is 6.07 Å². The minimum Gasteiger partial charge on any atom is -0.456 e. The van der Waals surface area contributed by atoms with E-state index in [2.05, 4.69) is 5.32 Å². The average Bonchev–Trinajstić information content (AvgIpc) is 3.07. The van der Waals surface area contributed by atoms with Crippen LogP contribution in [0.1, 0.15) is 12.8 Å². The lowest BCUT2D eigenvalue weighted by Crippen LogP contribution is -2.17. The van der Waals surface area contributed by atoms with Crippen molar-refractivity contribution in [2.75, 3.05) is 16.8 Å². The predicted octanol–water partition coefficient (Wildman–Crippen LogP) is 3.35. The molecule has 24 heavy (non-hydrogen) atoms. The van der Waals surface area contributed by atoms with Gasteiger partial charge in [0.1, 0.15) is 11.2 Å². The van der Waals surface area contributed by atoms with Crippen molar-refractivity contribution in [2.24, 2.45) is 5.92 Å². The third-order valence-electron chi connectivity index (χ3n) is 4.46. The number of furan rings is 1. The summed E-state index contributed by atoms with van der Waals surface area (Å²) in [6, 6.07) is 13.3. The molecule has 1 amide bonds. The van der Waals surface area contributed by atoms with E-state index in [0.29, 0.717) is 12.1 Å². The number of carbonyl (C=O) groups is 1. The molecule has 0 radical (unpaired) electrons. The number of rotatable bonds is 3. The zero-order chi connectivity index (χ0) is 16.7. The summed E-state index contributed by atoms with van der Waals surface area (Å²) in [4.78, 5) is 12.2. The monoisotopic (exact) mass is 343 g/mol. The standard InChI is InChI=1S/C18H17NO4S/c20-18(9-12-7-8-24(21,22)11-12)19-13-5-6-17-15(10-13)14-3-1-2-4-16(14)23-17/h1-6,10,12H,7-9,11H2,(H,19,20)/t12-/m0/s1. The predicted molar refractivity (Wildman–Crippen MR) is 93.7 cm³/mol. The lowest BCUT2D eigenvalue weighted by molar-refractivity contribution is -0.116. The van der Waals surface area contributed by atoms with Crippen molar-refractivity contribution >= 4 is 43.4 Å². The molecule has 3 aromatic rings. The van der Waals surface area contributed by atoms with Gasteiger partial charge >= 0.3 is 0 Å². The van der Waals surface area contributed by atoms with Crippen molar-refractivity contribution in [1.29, 1.82) is 0 Å². The molecule has 1 atom stereocenters. The normalized spacial score (nSPS) is 19.8. The zero-order valence-corrected chi connectivity index (χ0v) is 13.8. The minimum atomic E-state index is -2.95. The van der Waals surface area contributed by atoms with Crippen LogP contribution in [0.25, 0.3) is 21.9 Å². The molecular weight excluding hydrogens is 326 g/mol. The molecule has 124 valence electrons. The Labute approximate surface area is 139 Å². The molecule has 0 aliphatic carbocycles. The molecule has 0 bridgehead atoms. The Morgan fingerprint density at radius 2 is 1.92 bits per heavy atom. The topological polar surface area (TPSA) is 76.4 Å². The van der Waals surface area contributed by atoms with Crippen LogP contribution in [0.3, 0.4) is 0 Å². The Bertz CT molecular complexity index is 1040. The minimum absolute atomic E-state index is 0.0755. The number of anilines is 1. The van der Waals surface area contributed by atoms with Gasteiger partial charge < -0.3 is 9.73 Å². The van der Waals surface area contributed by atoms with Crippen LogP contribution < -0.4 is 5.32 Å². The highest BCUT2D eigenvalue weighted by Crippen LogP contribution is 2.30. The first-order valence-corrected chi connectivity index (χ1v) is 9.74. The van der Waals surface area contributed by atoms with Crippen LogP contribution in [0, 0.1) is 5.92 Å². The largest absolute Gasteiger partial charge is 0.456 e. The van der Waals surface area contributed by atoms with Crippen molar-refractivity contribution in [1.82, 2.24) is 0 Å². The quantitative estimate of drug-likeness (QED) is 0.791. The third-order valence-corrected chi connectivity index (χ3v) is 6.30. The van der Waals surface area contributed by atoms with Crippen LogP contribution in [0.4, 0.5) is 5.69 Å². The molecule has 1 fully saturated rings. The van der Waals surface area contributed by atoms with Crippen LogP contribution in [0.15, 0.2) is 46.9 Å². The number of hydrogen-bond acceptors (Lipinski definition) is 4. The Morgan fingerprint density at radius 1 is 1.12 bits per heavy atom. The third kappa shape index (κ3) is 2.89. The molecule has 0 unspecified atom stereocenters. The Hall–Kier alpha value is -2.34. The van der Waals surface area contributed by atoms with E-state index in [4.69, 9.17) is 4.42 Å². The molecule has 2 aromatic carbocycles. The maximum atomic E-state index is 12.2. The van der Waals surface area contributed by atoms with Gasteiger partial charge in [-0.2, -0.15) is 0 Å². The molecule has 2 heterocycles. The van der Waals surface area contributed by atoms with Crippen LogP contribution in [0.5, 0.6) is 0 Å². The van der Waals surface area contributed by atoms with Gasteiger partial charge in [0.2, 0.25) is 5.91 Å². The second kappa shape index (κ2) is 5.63.